The van der Waals surface area contributed by atoms with Gasteiger partial charge in [-0.05, 0) is 63.6 Å². The highest BCUT2D eigenvalue weighted by Crippen LogP contribution is 2.17. The first kappa shape index (κ1) is 17.9. The van der Waals surface area contributed by atoms with E-state index in [-0.39, 0.29) is 18.0 Å². The molecule has 3 N–H and O–H groups in total. The Hall–Kier alpha value is -2.49. The van der Waals surface area contributed by atoms with Crippen molar-refractivity contribution in [1.29, 1.82) is 0 Å². The molecule has 0 aliphatic carbocycles. The highest BCUT2D eigenvalue weighted by molar-refractivity contribution is 5.95. The van der Waals surface area contributed by atoms with E-state index in [4.69, 9.17) is 5.73 Å². The number of rotatable bonds is 6. The maximum Gasteiger partial charge on any atom is 0.254 e. The second-order valence-electron chi connectivity index (χ2n) is 6.58. The van der Waals surface area contributed by atoms with Gasteiger partial charge < -0.3 is 16.0 Å². The van der Waals surface area contributed by atoms with Crippen LogP contribution in [0.2, 0.25) is 0 Å². The summed E-state index contributed by atoms with van der Waals surface area (Å²) < 4.78 is 0. The third kappa shape index (κ3) is 4.51. The van der Waals surface area contributed by atoms with Crippen LogP contribution in [0.4, 0.5) is 11.4 Å². The second kappa shape index (κ2) is 7.86. The Bertz CT molecular complexity index is 670. The minimum absolute atomic E-state index is 0.0659. The zero-order valence-electron chi connectivity index (χ0n) is 14.9. The van der Waals surface area contributed by atoms with Crippen LogP contribution in [-0.2, 0) is 6.54 Å². The van der Waals surface area contributed by atoms with Crippen LogP contribution in [0.3, 0.4) is 0 Å². The zero-order valence-corrected chi connectivity index (χ0v) is 14.9. The number of hydrogen-bond acceptors (Lipinski definition) is 3. The summed E-state index contributed by atoms with van der Waals surface area (Å²) in [5.74, 6) is 0.0659. The number of hydrogen-bond donors (Lipinski definition) is 2. The second-order valence-corrected chi connectivity index (χ2v) is 6.58. The average molecular weight is 325 g/mol. The van der Waals surface area contributed by atoms with E-state index in [1.54, 1.807) is 0 Å². The van der Waals surface area contributed by atoms with Gasteiger partial charge in [0.2, 0.25) is 0 Å². The summed E-state index contributed by atoms with van der Waals surface area (Å²) >= 11 is 0. The van der Waals surface area contributed by atoms with Gasteiger partial charge in [0, 0.05) is 35.6 Å². The predicted molar refractivity (Wildman–Crippen MR) is 101 cm³/mol. The number of nitrogens with zero attached hydrogens (tertiary/aromatic N) is 1. The molecule has 0 aliphatic rings. The average Bonchev–Trinajstić information content (AvgIpc) is 2.54. The van der Waals surface area contributed by atoms with Gasteiger partial charge in [0.25, 0.3) is 5.91 Å². The van der Waals surface area contributed by atoms with Crippen LogP contribution in [0.5, 0.6) is 0 Å². The van der Waals surface area contributed by atoms with Gasteiger partial charge in [-0.1, -0.05) is 18.2 Å². The first-order chi connectivity index (χ1) is 11.4. The maximum atomic E-state index is 12.8. The van der Waals surface area contributed by atoms with Crippen LogP contribution >= 0.6 is 0 Å². The molecule has 0 radical (unpaired) electrons. The highest BCUT2D eigenvalue weighted by Gasteiger charge is 2.21. The number of amides is 1. The molecule has 0 spiro atoms. The summed E-state index contributed by atoms with van der Waals surface area (Å²) in [6, 6.07) is 15.8. The predicted octanol–water partition coefficient (Wildman–Crippen LogP) is 4.14. The Morgan fingerprint density at radius 3 is 2.25 bits per heavy atom. The summed E-state index contributed by atoms with van der Waals surface area (Å²) in [4.78, 5) is 14.7. The molecule has 0 saturated carbocycles. The van der Waals surface area contributed by atoms with E-state index in [1.807, 2.05) is 81.1 Å². The lowest BCUT2D eigenvalue weighted by Gasteiger charge is -2.31. The van der Waals surface area contributed by atoms with Crippen LogP contribution in [-0.4, -0.2) is 22.9 Å². The molecular weight excluding hydrogens is 298 g/mol. The molecule has 128 valence electrons. The molecule has 0 aromatic heterocycles. The summed E-state index contributed by atoms with van der Waals surface area (Å²) in [5, 5.41) is 3.36. The SMILES string of the molecule is CC(C)N(C(=O)c1cccc(NCc2ccc(N)cc2)c1)C(C)C. The molecule has 2 rings (SSSR count). The lowest BCUT2D eigenvalue weighted by Crippen LogP contribution is -2.42. The van der Waals surface area contributed by atoms with Crippen molar-refractivity contribution in [1.82, 2.24) is 4.90 Å². The first-order valence-corrected chi connectivity index (χ1v) is 8.39. The van der Waals surface area contributed by atoms with Gasteiger partial charge in [0.1, 0.15) is 0 Å². The van der Waals surface area contributed by atoms with Crippen molar-refractivity contribution in [2.45, 2.75) is 46.3 Å². The molecule has 2 aromatic carbocycles. The van der Waals surface area contributed by atoms with Gasteiger partial charge in [0.05, 0.1) is 0 Å². The van der Waals surface area contributed by atoms with E-state index in [2.05, 4.69) is 5.32 Å². The fourth-order valence-electron chi connectivity index (χ4n) is 2.82. The Balaban J connectivity index is 2.10. The minimum atomic E-state index is 0.0659. The Labute approximate surface area is 144 Å². The summed E-state index contributed by atoms with van der Waals surface area (Å²) in [6.07, 6.45) is 0. The lowest BCUT2D eigenvalue weighted by molar-refractivity contribution is 0.0644. The maximum absolute atomic E-state index is 12.8. The first-order valence-electron chi connectivity index (χ1n) is 8.39. The van der Waals surface area contributed by atoms with Gasteiger partial charge in [0.15, 0.2) is 0 Å². The molecule has 1 amide bonds. The number of nitrogen functional groups attached to an aromatic ring is 1. The van der Waals surface area contributed by atoms with Gasteiger partial charge in [-0.25, -0.2) is 0 Å². The molecular formula is C20H27N3O. The molecule has 0 heterocycles. The molecule has 2 aromatic rings. The van der Waals surface area contributed by atoms with E-state index >= 15 is 0 Å². The molecule has 0 saturated heterocycles. The number of nitrogens with one attached hydrogen (secondary N) is 1. The summed E-state index contributed by atoms with van der Waals surface area (Å²) in [6.45, 7) is 8.86. The van der Waals surface area contributed by atoms with Crippen molar-refractivity contribution in [2.24, 2.45) is 0 Å². The third-order valence-electron chi connectivity index (χ3n) is 3.93. The van der Waals surface area contributed by atoms with E-state index in [1.165, 1.54) is 0 Å². The fraction of sp³-hybridized carbons (Fsp3) is 0.350. The molecule has 0 aliphatic heterocycles. The Morgan fingerprint density at radius 1 is 1.04 bits per heavy atom. The molecule has 24 heavy (non-hydrogen) atoms. The number of carbonyl (C=O) groups excluding carboxylic acids is 1. The van der Waals surface area contributed by atoms with E-state index in [9.17, 15) is 4.79 Å². The third-order valence-corrected chi connectivity index (χ3v) is 3.93. The van der Waals surface area contributed by atoms with Crippen molar-refractivity contribution < 1.29 is 4.79 Å². The number of carbonyl (C=O) groups is 1. The van der Waals surface area contributed by atoms with Crippen LogP contribution in [0, 0.1) is 0 Å². The van der Waals surface area contributed by atoms with Crippen molar-refractivity contribution in [3.05, 3.63) is 59.7 Å². The number of benzene rings is 2. The molecule has 0 bridgehead atoms. The fourth-order valence-corrected chi connectivity index (χ4v) is 2.82. The summed E-state index contributed by atoms with van der Waals surface area (Å²) in [5.41, 5.74) is 9.25. The zero-order chi connectivity index (χ0) is 17.7. The normalized spacial score (nSPS) is 10.9. The number of nitrogens with two attached hydrogens (primary N) is 1. The Morgan fingerprint density at radius 2 is 1.67 bits per heavy atom. The largest absolute Gasteiger partial charge is 0.399 e. The Kier molecular flexibility index (Phi) is 5.85. The minimum Gasteiger partial charge on any atom is -0.399 e. The highest BCUT2D eigenvalue weighted by atomic mass is 16.2. The number of anilines is 2. The monoisotopic (exact) mass is 325 g/mol. The topological polar surface area (TPSA) is 58.4 Å². The van der Waals surface area contributed by atoms with E-state index < -0.39 is 0 Å². The lowest BCUT2D eigenvalue weighted by atomic mass is 10.1. The molecule has 4 nitrogen and oxygen atoms in total. The van der Waals surface area contributed by atoms with Crippen molar-refractivity contribution in [3.63, 3.8) is 0 Å². The van der Waals surface area contributed by atoms with Crippen LogP contribution in [0.1, 0.15) is 43.6 Å². The molecule has 4 heteroatoms. The van der Waals surface area contributed by atoms with E-state index in [0.29, 0.717) is 12.1 Å². The van der Waals surface area contributed by atoms with Crippen LogP contribution in [0.15, 0.2) is 48.5 Å². The van der Waals surface area contributed by atoms with Gasteiger partial charge in [-0.15, -0.1) is 0 Å². The molecule has 0 fully saturated rings. The summed E-state index contributed by atoms with van der Waals surface area (Å²) in [7, 11) is 0. The quantitative estimate of drug-likeness (QED) is 0.785. The van der Waals surface area contributed by atoms with Gasteiger partial charge in [-0.3, -0.25) is 4.79 Å². The van der Waals surface area contributed by atoms with Gasteiger partial charge in [-0.2, -0.15) is 0 Å². The standard InChI is InChI=1S/C20H27N3O/c1-14(2)23(15(3)4)20(24)17-6-5-7-19(12-17)22-13-16-8-10-18(21)11-9-16/h5-12,14-15,22H,13,21H2,1-4H3. The van der Waals surface area contributed by atoms with Gasteiger partial charge >= 0.3 is 0 Å². The molecule has 0 atom stereocenters. The van der Waals surface area contributed by atoms with Crippen molar-refractivity contribution in [2.75, 3.05) is 11.1 Å². The van der Waals surface area contributed by atoms with E-state index in [0.717, 1.165) is 16.9 Å². The smallest absolute Gasteiger partial charge is 0.254 e. The molecule has 0 unspecified atom stereocenters. The van der Waals surface area contributed by atoms with Crippen molar-refractivity contribution >= 4 is 17.3 Å². The van der Waals surface area contributed by atoms with Crippen LogP contribution < -0.4 is 11.1 Å². The van der Waals surface area contributed by atoms with Crippen molar-refractivity contribution in [3.8, 4) is 0 Å². The van der Waals surface area contributed by atoms with Crippen LogP contribution in [0.25, 0.3) is 0 Å².